The summed E-state index contributed by atoms with van der Waals surface area (Å²) >= 11 is 1.84. The minimum absolute atomic E-state index is 0.934. The van der Waals surface area contributed by atoms with Gasteiger partial charge in [-0.15, -0.1) is 11.3 Å². The summed E-state index contributed by atoms with van der Waals surface area (Å²) in [6.07, 6.45) is 0. The van der Waals surface area contributed by atoms with Gasteiger partial charge in [0.2, 0.25) is 0 Å². The molecule has 3 aromatic heterocycles. The minimum Gasteiger partial charge on any atom is -0.455 e. The van der Waals surface area contributed by atoms with E-state index in [9.17, 15) is 0 Å². The number of benzene rings is 7. The van der Waals surface area contributed by atoms with E-state index in [4.69, 9.17) is 4.42 Å². The van der Waals surface area contributed by atoms with Crippen LogP contribution in [0.25, 0.3) is 103 Å². The second-order valence-electron chi connectivity index (χ2n) is 11.6. The molecule has 43 heavy (non-hydrogen) atoms. The number of hydrogen-bond acceptors (Lipinski definition) is 2. The maximum Gasteiger partial charge on any atom is 0.154 e. The molecule has 1 aliphatic carbocycles. The number of fused-ring (bicyclic) bond motifs is 15. The first kappa shape index (κ1) is 22.2. The van der Waals surface area contributed by atoms with Crippen LogP contribution in [-0.2, 0) is 0 Å². The molecule has 0 unspecified atom stereocenters. The lowest BCUT2D eigenvalue weighted by Gasteiger charge is -2.14. The molecule has 0 atom stereocenters. The molecule has 0 saturated carbocycles. The third-order valence-electron chi connectivity index (χ3n) is 9.52. The van der Waals surface area contributed by atoms with Gasteiger partial charge in [-0.3, -0.25) is 0 Å². The van der Waals surface area contributed by atoms with Gasteiger partial charge in [0.05, 0.1) is 21.4 Å². The summed E-state index contributed by atoms with van der Waals surface area (Å²) in [4.78, 5) is 0. The molecule has 198 valence electrons. The summed E-state index contributed by atoms with van der Waals surface area (Å²) in [5.41, 5.74) is 10.9. The molecule has 3 heteroatoms. The zero-order valence-electron chi connectivity index (χ0n) is 22.9. The molecular formula is C40H21NOS. The number of thiophene rings is 1. The molecule has 0 amide bonds. The second kappa shape index (κ2) is 7.71. The molecule has 1 aliphatic rings. The molecule has 0 N–H and O–H groups in total. The fourth-order valence-electron chi connectivity index (χ4n) is 7.86. The van der Waals surface area contributed by atoms with Gasteiger partial charge in [-0.05, 0) is 51.9 Å². The SMILES string of the molecule is c1ccc2c(c1)-c1cccc3c(-n4c5ccccc5c5c6c7ccccc7oc6c6sc7ccccc7c6c54)ccc-2c13. The fourth-order valence-corrected chi connectivity index (χ4v) is 9.05. The number of furan rings is 1. The van der Waals surface area contributed by atoms with Crippen molar-refractivity contribution in [2.45, 2.75) is 0 Å². The van der Waals surface area contributed by atoms with E-state index in [1.807, 2.05) is 11.3 Å². The maximum absolute atomic E-state index is 6.71. The van der Waals surface area contributed by atoms with Crippen LogP contribution in [0.2, 0.25) is 0 Å². The predicted molar refractivity (Wildman–Crippen MR) is 183 cm³/mol. The highest BCUT2D eigenvalue weighted by Gasteiger charge is 2.27. The van der Waals surface area contributed by atoms with Crippen molar-refractivity contribution in [1.29, 1.82) is 0 Å². The molecular weight excluding hydrogens is 543 g/mol. The van der Waals surface area contributed by atoms with Crippen molar-refractivity contribution >= 4 is 86.0 Å². The third-order valence-corrected chi connectivity index (χ3v) is 10.7. The van der Waals surface area contributed by atoms with E-state index in [1.54, 1.807) is 0 Å². The van der Waals surface area contributed by atoms with Crippen LogP contribution in [0.3, 0.4) is 0 Å². The molecule has 0 radical (unpaired) electrons. The Morgan fingerprint density at radius 3 is 2.02 bits per heavy atom. The van der Waals surface area contributed by atoms with Crippen molar-refractivity contribution in [3.8, 4) is 27.9 Å². The van der Waals surface area contributed by atoms with Crippen molar-refractivity contribution < 1.29 is 4.42 Å². The van der Waals surface area contributed by atoms with Crippen LogP contribution >= 0.6 is 11.3 Å². The predicted octanol–water partition coefficient (Wildman–Crippen LogP) is 11.9. The van der Waals surface area contributed by atoms with E-state index >= 15 is 0 Å². The second-order valence-corrected chi connectivity index (χ2v) is 12.6. The van der Waals surface area contributed by atoms with Gasteiger partial charge < -0.3 is 8.98 Å². The summed E-state index contributed by atoms with van der Waals surface area (Å²) in [6, 6.07) is 46.5. The Labute approximate surface area is 249 Å². The molecule has 7 aromatic carbocycles. The standard InChI is InChI=1S/C40H21NOS/c1-2-11-23-22(10-1)24-15-9-16-26-31(21-20-25(23)34(24)26)41-30-17-6-3-12-27(30)35-36-28-13-4-7-18-32(28)42-39(36)40-37(38(35)41)29-14-5-8-19-33(29)43-40/h1-21H. The smallest absolute Gasteiger partial charge is 0.154 e. The third kappa shape index (κ3) is 2.61. The van der Waals surface area contributed by atoms with E-state index in [-0.39, 0.29) is 0 Å². The maximum atomic E-state index is 6.71. The Morgan fingerprint density at radius 1 is 0.465 bits per heavy atom. The number of hydrogen-bond donors (Lipinski definition) is 0. The van der Waals surface area contributed by atoms with Crippen LogP contribution in [-0.4, -0.2) is 4.57 Å². The van der Waals surface area contributed by atoms with Gasteiger partial charge in [0, 0.05) is 42.4 Å². The Morgan fingerprint density at radius 2 is 1.14 bits per heavy atom. The molecule has 0 fully saturated rings. The fraction of sp³-hybridized carbons (Fsp3) is 0. The molecule has 10 aromatic rings. The molecule has 0 aliphatic heterocycles. The number of para-hydroxylation sites is 2. The number of rotatable bonds is 1. The van der Waals surface area contributed by atoms with Crippen LogP contribution < -0.4 is 0 Å². The van der Waals surface area contributed by atoms with E-state index in [0.29, 0.717) is 0 Å². The highest BCUT2D eigenvalue weighted by Crippen LogP contribution is 2.52. The van der Waals surface area contributed by atoms with E-state index in [0.717, 1.165) is 11.2 Å². The number of nitrogens with zero attached hydrogens (tertiary/aromatic N) is 1. The largest absolute Gasteiger partial charge is 0.455 e. The summed E-state index contributed by atoms with van der Waals surface area (Å²) < 4.78 is 11.7. The van der Waals surface area contributed by atoms with Crippen molar-refractivity contribution in [1.82, 2.24) is 4.57 Å². The Balaban J connectivity index is 1.44. The van der Waals surface area contributed by atoms with Gasteiger partial charge in [-0.2, -0.15) is 0 Å². The van der Waals surface area contributed by atoms with E-state index < -0.39 is 0 Å². The lowest BCUT2D eigenvalue weighted by atomic mass is 10.0. The van der Waals surface area contributed by atoms with Crippen LogP contribution in [0.1, 0.15) is 0 Å². The average Bonchev–Trinajstić information content (AvgIpc) is 3.80. The average molecular weight is 564 g/mol. The van der Waals surface area contributed by atoms with Gasteiger partial charge in [-0.1, -0.05) is 103 Å². The van der Waals surface area contributed by atoms with Crippen molar-refractivity contribution in [3.63, 3.8) is 0 Å². The molecule has 2 nitrogen and oxygen atoms in total. The Kier molecular flexibility index (Phi) is 3.99. The van der Waals surface area contributed by atoms with Crippen molar-refractivity contribution in [3.05, 3.63) is 127 Å². The topological polar surface area (TPSA) is 18.1 Å². The van der Waals surface area contributed by atoms with Crippen LogP contribution in [0.15, 0.2) is 132 Å². The van der Waals surface area contributed by atoms with Gasteiger partial charge in [-0.25, -0.2) is 0 Å². The van der Waals surface area contributed by atoms with Gasteiger partial charge >= 0.3 is 0 Å². The quantitative estimate of drug-likeness (QED) is 0.194. The molecule has 0 saturated heterocycles. The molecule has 0 bridgehead atoms. The van der Waals surface area contributed by atoms with Gasteiger partial charge in [0.15, 0.2) is 5.58 Å². The summed E-state index contributed by atoms with van der Waals surface area (Å²) in [5, 5.41) is 10.0. The van der Waals surface area contributed by atoms with Crippen LogP contribution in [0, 0.1) is 0 Å². The Bertz CT molecular complexity index is 2810. The first-order chi connectivity index (χ1) is 21.4. The van der Waals surface area contributed by atoms with E-state index in [2.05, 4.69) is 132 Å². The summed E-state index contributed by atoms with van der Waals surface area (Å²) in [5.74, 6) is 0. The first-order valence-corrected chi connectivity index (χ1v) is 15.5. The van der Waals surface area contributed by atoms with Gasteiger partial charge in [0.1, 0.15) is 5.58 Å². The normalized spacial score (nSPS) is 12.7. The molecule has 11 rings (SSSR count). The lowest BCUT2D eigenvalue weighted by Crippen LogP contribution is -1.96. The molecule has 0 spiro atoms. The summed E-state index contributed by atoms with van der Waals surface area (Å²) in [7, 11) is 0. The van der Waals surface area contributed by atoms with Gasteiger partial charge in [0.25, 0.3) is 0 Å². The summed E-state index contributed by atoms with van der Waals surface area (Å²) in [6.45, 7) is 0. The zero-order valence-corrected chi connectivity index (χ0v) is 23.7. The monoisotopic (exact) mass is 563 g/mol. The van der Waals surface area contributed by atoms with Crippen LogP contribution in [0.5, 0.6) is 0 Å². The molecule has 3 heterocycles. The first-order valence-electron chi connectivity index (χ1n) is 14.7. The van der Waals surface area contributed by atoms with E-state index in [1.165, 1.54) is 91.5 Å². The minimum atomic E-state index is 0.934. The van der Waals surface area contributed by atoms with Crippen molar-refractivity contribution in [2.24, 2.45) is 0 Å². The lowest BCUT2D eigenvalue weighted by molar-refractivity contribution is 0.673. The van der Waals surface area contributed by atoms with Crippen molar-refractivity contribution in [2.75, 3.05) is 0 Å². The number of aromatic nitrogens is 1. The van der Waals surface area contributed by atoms with Crippen LogP contribution in [0.4, 0.5) is 0 Å². The highest BCUT2D eigenvalue weighted by molar-refractivity contribution is 7.26. The highest BCUT2D eigenvalue weighted by atomic mass is 32.1. The zero-order chi connectivity index (χ0) is 27.8. The Hall–Kier alpha value is -5.38.